The first-order valence-electron chi connectivity index (χ1n) is 6.54. The lowest BCUT2D eigenvalue weighted by Gasteiger charge is -2.24. The summed E-state index contributed by atoms with van der Waals surface area (Å²) >= 11 is 0. The lowest BCUT2D eigenvalue weighted by Crippen LogP contribution is -2.27. The number of aromatic nitrogens is 1. The third-order valence-corrected chi connectivity index (χ3v) is 3.72. The first kappa shape index (κ1) is 12.5. The fourth-order valence-corrected chi connectivity index (χ4v) is 2.93. The Morgan fingerprint density at radius 3 is 2.88 bits per heavy atom. The summed E-state index contributed by atoms with van der Waals surface area (Å²) in [6.45, 7) is 5.30. The van der Waals surface area contributed by atoms with Crippen molar-refractivity contribution < 1.29 is 4.39 Å². The zero-order chi connectivity index (χ0) is 12.3. The normalized spacial score (nSPS) is 26.1. The van der Waals surface area contributed by atoms with E-state index in [1.807, 2.05) is 0 Å². The quantitative estimate of drug-likeness (QED) is 0.867. The van der Waals surface area contributed by atoms with E-state index in [9.17, 15) is 4.39 Å². The van der Waals surface area contributed by atoms with Gasteiger partial charge in [0.2, 0.25) is 0 Å². The van der Waals surface area contributed by atoms with Crippen molar-refractivity contribution in [2.45, 2.75) is 39.2 Å². The van der Waals surface area contributed by atoms with Gasteiger partial charge >= 0.3 is 0 Å². The Kier molecular flexibility index (Phi) is 4.11. The zero-order valence-electron chi connectivity index (χ0n) is 10.6. The zero-order valence-corrected chi connectivity index (χ0v) is 10.6. The Hall–Kier alpha value is -0.960. The number of halogens is 1. The molecule has 3 atom stereocenters. The predicted molar refractivity (Wildman–Crippen MR) is 67.1 cm³/mol. The van der Waals surface area contributed by atoms with E-state index >= 15 is 0 Å². The molecule has 1 aromatic rings. The molecule has 3 heteroatoms. The third kappa shape index (κ3) is 3.03. The highest BCUT2D eigenvalue weighted by Crippen LogP contribution is 2.38. The number of pyridine rings is 1. The molecule has 1 aliphatic rings. The molecular weight excluding hydrogens is 215 g/mol. The summed E-state index contributed by atoms with van der Waals surface area (Å²) < 4.78 is 13.2. The van der Waals surface area contributed by atoms with Gasteiger partial charge in [-0.05, 0) is 42.9 Å². The highest BCUT2D eigenvalue weighted by Gasteiger charge is 2.29. The van der Waals surface area contributed by atoms with Gasteiger partial charge < -0.3 is 5.32 Å². The molecule has 1 N–H and O–H groups in total. The molecule has 94 valence electrons. The topological polar surface area (TPSA) is 24.9 Å². The van der Waals surface area contributed by atoms with Crippen molar-refractivity contribution in [3.8, 4) is 0 Å². The summed E-state index contributed by atoms with van der Waals surface area (Å²) in [6.07, 6.45) is 6.81. The summed E-state index contributed by atoms with van der Waals surface area (Å²) in [5, 5.41) is 3.48. The smallest absolute Gasteiger partial charge is 0.141 e. The molecule has 1 aromatic heterocycles. The molecule has 0 spiro atoms. The van der Waals surface area contributed by atoms with Crippen LogP contribution in [0.15, 0.2) is 18.5 Å². The second-order valence-electron chi connectivity index (χ2n) is 5.15. The Balaban J connectivity index is 2.16. The van der Waals surface area contributed by atoms with E-state index in [2.05, 4.69) is 24.1 Å². The van der Waals surface area contributed by atoms with E-state index in [1.165, 1.54) is 25.5 Å². The summed E-state index contributed by atoms with van der Waals surface area (Å²) in [5.41, 5.74) is 0.992. The van der Waals surface area contributed by atoms with Crippen molar-refractivity contribution in [3.05, 3.63) is 29.8 Å². The summed E-state index contributed by atoms with van der Waals surface area (Å²) in [4.78, 5) is 3.96. The Labute approximate surface area is 103 Å². The minimum absolute atomic E-state index is 0.239. The van der Waals surface area contributed by atoms with Crippen LogP contribution in [0.2, 0.25) is 0 Å². The molecule has 0 aliphatic heterocycles. The van der Waals surface area contributed by atoms with Gasteiger partial charge in [-0.1, -0.05) is 20.3 Å². The summed E-state index contributed by atoms with van der Waals surface area (Å²) in [6, 6.07) is 1.87. The third-order valence-electron chi connectivity index (χ3n) is 3.72. The van der Waals surface area contributed by atoms with Crippen LogP contribution in [0, 0.1) is 17.7 Å². The SMILES string of the molecule is CCNC(c1cncc(F)c1)C1CCC(C)C1. The van der Waals surface area contributed by atoms with Crippen molar-refractivity contribution in [2.75, 3.05) is 6.54 Å². The van der Waals surface area contributed by atoms with Gasteiger partial charge in [0.1, 0.15) is 5.82 Å². The lowest BCUT2D eigenvalue weighted by molar-refractivity contribution is 0.363. The molecule has 1 saturated carbocycles. The Morgan fingerprint density at radius 1 is 1.47 bits per heavy atom. The molecule has 3 unspecified atom stereocenters. The van der Waals surface area contributed by atoms with Crippen molar-refractivity contribution in [1.29, 1.82) is 0 Å². The van der Waals surface area contributed by atoms with E-state index < -0.39 is 0 Å². The average molecular weight is 236 g/mol. The van der Waals surface area contributed by atoms with E-state index in [4.69, 9.17) is 0 Å². The second-order valence-corrected chi connectivity index (χ2v) is 5.15. The lowest BCUT2D eigenvalue weighted by atomic mass is 9.92. The van der Waals surface area contributed by atoms with Gasteiger partial charge in [-0.25, -0.2) is 4.39 Å². The van der Waals surface area contributed by atoms with Crippen LogP contribution in [-0.4, -0.2) is 11.5 Å². The number of nitrogens with one attached hydrogen (secondary N) is 1. The summed E-state index contributed by atoms with van der Waals surface area (Å²) in [5.74, 6) is 1.17. The largest absolute Gasteiger partial charge is 0.310 e. The maximum absolute atomic E-state index is 13.2. The van der Waals surface area contributed by atoms with Crippen LogP contribution >= 0.6 is 0 Å². The number of rotatable bonds is 4. The molecule has 0 amide bonds. The molecule has 2 nitrogen and oxygen atoms in total. The Bertz CT molecular complexity index is 367. The Morgan fingerprint density at radius 2 is 2.29 bits per heavy atom. The summed E-state index contributed by atoms with van der Waals surface area (Å²) in [7, 11) is 0. The molecule has 0 bridgehead atoms. The maximum Gasteiger partial charge on any atom is 0.141 e. The van der Waals surface area contributed by atoms with Crippen molar-refractivity contribution in [2.24, 2.45) is 11.8 Å². The maximum atomic E-state index is 13.2. The first-order chi connectivity index (χ1) is 8.20. The minimum atomic E-state index is -0.239. The van der Waals surface area contributed by atoms with Crippen LogP contribution in [0.5, 0.6) is 0 Å². The van der Waals surface area contributed by atoms with Crippen LogP contribution < -0.4 is 5.32 Å². The van der Waals surface area contributed by atoms with Gasteiger partial charge in [0.25, 0.3) is 0 Å². The van der Waals surface area contributed by atoms with Crippen LogP contribution in [0.4, 0.5) is 4.39 Å². The van der Waals surface area contributed by atoms with E-state index in [0.29, 0.717) is 5.92 Å². The van der Waals surface area contributed by atoms with Gasteiger partial charge in [-0.2, -0.15) is 0 Å². The van der Waals surface area contributed by atoms with Gasteiger partial charge in [-0.15, -0.1) is 0 Å². The van der Waals surface area contributed by atoms with Gasteiger partial charge in [0, 0.05) is 12.2 Å². The van der Waals surface area contributed by atoms with Crippen molar-refractivity contribution >= 4 is 0 Å². The fraction of sp³-hybridized carbons (Fsp3) is 0.643. The minimum Gasteiger partial charge on any atom is -0.310 e. The molecule has 0 aromatic carbocycles. The van der Waals surface area contributed by atoms with E-state index in [1.54, 1.807) is 12.3 Å². The van der Waals surface area contributed by atoms with Crippen molar-refractivity contribution in [3.63, 3.8) is 0 Å². The van der Waals surface area contributed by atoms with E-state index in [0.717, 1.165) is 18.0 Å². The molecule has 2 rings (SSSR count). The number of hydrogen-bond donors (Lipinski definition) is 1. The van der Waals surface area contributed by atoms with Crippen LogP contribution in [-0.2, 0) is 0 Å². The predicted octanol–water partition coefficient (Wildman–Crippen LogP) is 3.31. The van der Waals surface area contributed by atoms with Crippen LogP contribution in [0.1, 0.15) is 44.7 Å². The van der Waals surface area contributed by atoms with Crippen LogP contribution in [0.25, 0.3) is 0 Å². The number of nitrogens with zero attached hydrogens (tertiary/aromatic N) is 1. The number of hydrogen-bond acceptors (Lipinski definition) is 2. The van der Waals surface area contributed by atoms with Gasteiger partial charge in [-0.3, -0.25) is 4.98 Å². The van der Waals surface area contributed by atoms with Gasteiger partial charge in [0.15, 0.2) is 0 Å². The average Bonchev–Trinajstić information content (AvgIpc) is 2.72. The van der Waals surface area contributed by atoms with Crippen molar-refractivity contribution in [1.82, 2.24) is 10.3 Å². The second kappa shape index (κ2) is 5.58. The molecule has 17 heavy (non-hydrogen) atoms. The fourth-order valence-electron chi connectivity index (χ4n) is 2.93. The highest BCUT2D eigenvalue weighted by molar-refractivity contribution is 5.16. The molecule has 0 radical (unpaired) electrons. The van der Waals surface area contributed by atoms with E-state index in [-0.39, 0.29) is 11.9 Å². The molecule has 0 saturated heterocycles. The first-order valence-corrected chi connectivity index (χ1v) is 6.54. The van der Waals surface area contributed by atoms with Gasteiger partial charge in [0.05, 0.1) is 6.20 Å². The van der Waals surface area contributed by atoms with Crippen LogP contribution in [0.3, 0.4) is 0 Å². The molecular formula is C14H21FN2. The molecule has 1 aliphatic carbocycles. The molecule has 1 fully saturated rings. The molecule has 1 heterocycles. The highest BCUT2D eigenvalue weighted by atomic mass is 19.1. The standard InChI is InChI=1S/C14H21FN2/c1-3-17-14(11-5-4-10(2)6-11)12-7-13(15)9-16-8-12/h7-11,14,17H,3-6H2,1-2H3. The monoisotopic (exact) mass is 236 g/mol.